The van der Waals surface area contributed by atoms with Crippen molar-refractivity contribution in [2.45, 2.75) is 11.3 Å². The standard InChI is InChI=1S/C26H24N4O8/c1-28-20-17(21(32)29(2)24(28)35)25(23(34)38-4)19(18(31)14-8-6-5-7-9-14)26(36,27-20)22(33)30(25)15-10-12-16(37-3)13-11-15/h5-13,19,27,36H,1-4H3. The highest BCUT2D eigenvalue weighted by Crippen LogP contribution is 2.56. The Balaban J connectivity index is 1.96. The predicted molar refractivity (Wildman–Crippen MR) is 134 cm³/mol. The lowest BCUT2D eigenvalue weighted by Gasteiger charge is -2.43. The molecule has 2 aliphatic rings. The largest absolute Gasteiger partial charge is 0.497 e. The Morgan fingerprint density at radius 3 is 2.16 bits per heavy atom. The van der Waals surface area contributed by atoms with Gasteiger partial charge in [-0.05, 0) is 24.3 Å². The highest BCUT2D eigenvalue weighted by atomic mass is 16.5. The average molecular weight is 520 g/mol. The summed E-state index contributed by atoms with van der Waals surface area (Å²) in [5, 5.41) is 14.5. The molecule has 5 rings (SSSR count). The van der Waals surface area contributed by atoms with E-state index in [4.69, 9.17) is 9.47 Å². The zero-order chi connectivity index (χ0) is 27.6. The van der Waals surface area contributed by atoms with Gasteiger partial charge in [-0.3, -0.25) is 28.4 Å². The minimum absolute atomic E-state index is 0.0774. The number of Topliss-reactive ketones (excluding diaryl/α,β-unsaturated/α-hetero) is 1. The second-order valence-corrected chi connectivity index (χ2v) is 9.08. The summed E-state index contributed by atoms with van der Waals surface area (Å²) in [7, 11) is 5.01. The lowest BCUT2D eigenvalue weighted by molar-refractivity contribution is -0.150. The van der Waals surface area contributed by atoms with Crippen molar-refractivity contribution in [3.05, 3.63) is 86.6 Å². The zero-order valence-electron chi connectivity index (χ0n) is 20.9. The molecule has 12 nitrogen and oxygen atoms in total. The lowest BCUT2D eigenvalue weighted by atomic mass is 9.69. The van der Waals surface area contributed by atoms with Gasteiger partial charge < -0.3 is 19.9 Å². The van der Waals surface area contributed by atoms with E-state index in [9.17, 15) is 29.1 Å². The van der Waals surface area contributed by atoms with Crippen LogP contribution < -0.4 is 26.2 Å². The number of amides is 1. The first kappa shape index (κ1) is 25.0. The molecular formula is C26H24N4O8. The number of nitrogens with zero attached hydrogens (tertiary/aromatic N) is 3. The Bertz CT molecular complexity index is 1610. The first-order valence-corrected chi connectivity index (χ1v) is 11.5. The summed E-state index contributed by atoms with van der Waals surface area (Å²) in [6.45, 7) is 0. The van der Waals surface area contributed by atoms with Crippen molar-refractivity contribution in [2.24, 2.45) is 20.0 Å². The molecule has 12 heteroatoms. The molecule has 0 saturated carbocycles. The van der Waals surface area contributed by atoms with E-state index in [1.54, 1.807) is 18.2 Å². The Morgan fingerprint density at radius 1 is 0.947 bits per heavy atom. The maximum Gasteiger partial charge on any atom is 0.338 e. The summed E-state index contributed by atoms with van der Waals surface area (Å²) < 4.78 is 12.1. The number of rotatable bonds is 5. The van der Waals surface area contributed by atoms with Gasteiger partial charge in [0.1, 0.15) is 17.5 Å². The molecule has 3 heterocycles. The number of esters is 1. The molecule has 1 aromatic heterocycles. The molecule has 196 valence electrons. The number of nitrogens with one attached hydrogen (secondary N) is 1. The topological polar surface area (TPSA) is 149 Å². The fourth-order valence-corrected chi connectivity index (χ4v) is 5.45. The van der Waals surface area contributed by atoms with Crippen molar-refractivity contribution in [3.63, 3.8) is 0 Å². The van der Waals surface area contributed by atoms with Crippen LogP contribution in [0.15, 0.2) is 64.2 Å². The molecule has 0 aliphatic carbocycles. The van der Waals surface area contributed by atoms with Gasteiger partial charge >= 0.3 is 11.7 Å². The van der Waals surface area contributed by atoms with Crippen LogP contribution in [0.4, 0.5) is 11.5 Å². The van der Waals surface area contributed by atoms with Gasteiger partial charge in [0.05, 0.1) is 19.8 Å². The monoisotopic (exact) mass is 520 g/mol. The highest BCUT2D eigenvalue weighted by molar-refractivity contribution is 6.20. The minimum Gasteiger partial charge on any atom is -0.497 e. The molecule has 0 spiro atoms. The van der Waals surface area contributed by atoms with E-state index in [0.717, 1.165) is 21.1 Å². The summed E-state index contributed by atoms with van der Waals surface area (Å²) in [5.74, 6) is -4.76. The van der Waals surface area contributed by atoms with Crippen LogP contribution in [0, 0.1) is 5.92 Å². The number of ketones is 1. The number of carbonyl (C=O) groups excluding carboxylic acids is 3. The number of aliphatic hydroxyl groups is 1. The Labute approximate surface area is 215 Å². The van der Waals surface area contributed by atoms with Crippen LogP contribution in [0.5, 0.6) is 5.75 Å². The Kier molecular flexibility index (Phi) is 5.53. The third-order valence-corrected chi connectivity index (χ3v) is 7.22. The zero-order valence-corrected chi connectivity index (χ0v) is 20.9. The third kappa shape index (κ3) is 2.97. The number of hydrogen-bond donors (Lipinski definition) is 2. The smallest absolute Gasteiger partial charge is 0.338 e. The van der Waals surface area contributed by atoms with Crippen LogP contribution in [0.1, 0.15) is 15.9 Å². The molecule has 1 fully saturated rings. The van der Waals surface area contributed by atoms with E-state index >= 15 is 0 Å². The van der Waals surface area contributed by atoms with Crippen molar-refractivity contribution in [1.29, 1.82) is 0 Å². The lowest BCUT2D eigenvalue weighted by Crippen LogP contribution is -2.64. The summed E-state index contributed by atoms with van der Waals surface area (Å²) >= 11 is 0. The normalized spacial score (nSPS) is 23.4. The van der Waals surface area contributed by atoms with Crippen molar-refractivity contribution in [2.75, 3.05) is 24.4 Å². The summed E-state index contributed by atoms with van der Waals surface area (Å²) in [4.78, 5) is 69.6. The van der Waals surface area contributed by atoms with E-state index in [1.807, 2.05) is 0 Å². The van der Waals surface area contributed by atoms with E-state index in [1.165, 1.54) is 57.6 Å². The number of hydrogen-bond acceptors (Lipinski definition) is 9. The van der Waals surface area contributed by atoms with E-state index < -0.39 is 51.7 Å². The van der Waals surface area contributed by atoms with Crippen molar-refractivity contribution < 1.29 is 29.0 Å². The third-order valence-electron chi connectivity index (χ3n) is 7.22. The van der Waals surface area contributed by atoms with E-state index in [2.05, 4.69) is 5.32 Å². The molecule has 1 saturated heterocycles. The SMILES string of the molecule is COC(=O)C12c3c(n(C)c(=O)n(C)c3=O)NC(O)(C(=O)N1c1ccc(OC)cc1)C2C(=O)c1ccccc1. The molecule has 3 unspecified atom stereocenters. The fourth-order valence-electron chi connectivity index (χ4n) is 5.45. The minimum atomic E-state index is -2.73. The number of ether oxygens (including phenoxy) is 2. The van der Waals surface area contributed by atoms with Gasteiger partial charge in [0.25, 0.3) is 11.5 Å². The summed E-state index contributed by atoms with van der Waals surface area (Å²) in [5.41, 5.74) is -7.17. The number of anilines is 2. The average Bonchev–Trinajstić information content (AvgIpc) is 3.08. The Morgan fingerprint density at radius 2 is 1.58 bits per heavy atom. The first-order valence-electron chi connectivity index (χ1n) is 11.5. The van der Waals surface area contributed by atoms with Gasteiger partial charge in [-0.1, -0.05) is 30.3 Å². The molecule has 38 heavy (non-hydrogen) atoms. The number of aromatic nitrogens is 2. The molecule has 2 N–H and O–H groups in total. The molecule has 3 atom stereocenters. The van der Waals surface area contributed by atoms with Gasteiger partial charge in [-0.25, -0.2) is 9.59 Å². The number of benzene rings is 2. The van der Waals surface area contributed by atoms with Crippen LogP contribution in [-0.2, 0) is 34.0 Å². The molecule has 2 aromatic carbocycles. The van der Waals surface area contributed by atoms with Crippen molar-refractivity contribution >= 4 is 29.2 Å². The summed E-state index contributed by atoms with van der Waals surface area (Å²) in [6, 6.07) is 13.7. The first-order chi connectivity index (χ1) is 18.0. The maximum atomic E-state index is 14.1. The van der Waals surface area contributed by atoms with Gasteiger partial charge in [0, 0.05) is 25.3 Å². The molecule has 1 amide bonds. The number of methoxy groups -OCH3 is 2. The molecule has 2 aliphatic heterocycles. The van der Waals surface area contributed by atoms with Crippen LogP contribution >= 0.6 is 0 Å². The van der Waals surface area contributed by atoms with Gasteiger partial charge in [0.15, 0.2) is 11.3 Å². The van der Waals surface area contributed by atoms with Crippen molar-refractivity contribution in [1.82, 2.24) is 9.13 Å². The fraction of sp³-hybridized carbons (Fsp3) is 0.269. The highest BCUT2D eigenvalue weighted by Gasteiger charge is 2.78. The van der Waals surface area contributed by atoms with Crippen molar-refractivity contribution in [3.8, 4) is 5.75 Å². The molecular weight excluding hydrogens is 496 g/mol. The Hall–Kier alpha value is -4.71. The van der Waals surface area contributed by atoms with Gasteiger partial charge in [-0.15, -0.1) is 0 Å². The van der Waals surface area contributed by atoms with Gasteiger partial charge in [0.2, 0.25) is 5.72 Å². The quantitative estimate of drug-likeness (QED) is 0.353. The number of carbonyl (C=O) groups is 3. The summed E-state index contributed by atoms with van der Waals surface area (Å²) in [6.07, 6.45) is 0. The molecule has 2 bridgehead atoms. The molecule has 0 radical (unpaired) electrons. The van der Waals surface area contributed by atoms with Crippen LogP contribution in [-0.4, -0.2) is 51.8 Å². The van der Waals surface area contributed by atoms with Crippen LogP contribution in [0.3, 0.4) is 0 Å². The second-order valence-electron chi connectivity index (χ2n) is 9.08. The van der Waals surface area contributed by atoms with E-state index in [0.29, 0.717) is 5.75 Å². The van der Waals surface area contributed by atoms with E-state index in [-0.39, 0.29) is 17.1 Å². The number of fused-ring (bicyclic) bond motifs is 4. The molecule has 3 aromatic rings. The van der Waals surface area contributed by atoms with Gasteiger partial charge in [-0.2, -0.15) is 0 Å². The predicted octanol–water partition coefficient (Wildman–Crippen LogP) is 0.121. The second kappa shape index (κ2) is 8.42. The maximum absolute atomic E-state index is 14.1. The van der Waals surface area contributed by atoms with Crippen LogP contribution in [0.25, 0.3) is 0 Å². The van der Waals surface area contributed by atoms with Crippen LogP contribution in [0.2, 0.25) is 0 Å².